The number of hydrogen-bond donors (Lipinski definition) is 1. The van der Waals surface area contributed by atoms with Crippen LogP contribution in [0.1, 0.15) is 42.3 Å². The number of nitrogens with zero attached hydrogens (tertiary/aromatic N) is 1. The van der Waals surface area contributed by atoms with Crippen molar-refractivity contribution in [3.63, 3.8) is 0 Å². The fourth-order valence-electron chi connectivity index (χ4n) is 5.62. The van der Waals surface area contributed by atoms with Gasteiger partial charge in [-0.3, -0.25) is 10.1 Å². The van der Waals surface area contributed by atoms with Gasteiger partial charge < -0.3 is 5.32 Å². The van der Waals surface area contributed by atoms with Gasteiger partial charge in [0.15, 0.2) is 0 Å². The van der Waals surface area contributed by atoms with E-state index in [-0.39, 0.29) is 16.7 Å². The Morgan fingerprint density at radius 1 is 1.08 bits per heavy atom. The minimum Gasteiger partial charge on any atom is -0.378 e. The zero-order valence-electron chi connectivity index (χ0n) is 13.7. The number of hydrogen-bond acceptors (Lipinski definition) is 3. The SMILES string of the molecule is O=[N+]([O-])c1ccc2c(c1)[C@H]1[C@H]3CC[C@H](C3)[C@@H]1[C@@H](c1ccccc1Cl)N2. The molecule has 0 saturated heterocycles. The number of nitrogens with one attached hydrogen (secondary N) is 1. The van der Waals surface area contributed by atoms with Gasteiger partial charge in [0.25, 0.3) is 5.69 Å². The van der Waals surface area contributed by atoms with Gasteiger partial charge >= 0.3 is 0 Å². The van der Waals surface area contributed by atoms with E-state index in [1.54, 1.807) is 12.1 Å². The lowest BCUT2D eigenvalue weighted by Crippen LogP contribution is -2.35. The Morgan fingerprint density at radius 3 is 2.68 bits per heavy atom. The van der Waals surface area contributed by atoms with E-state index in [4.69, 9.17) is 11.6 Å². The molecule has 1 N–H and O–H groups in total. The molecule has 0 radical (unpaired) electrons. The molecular weight excluding hydrogens is 336 g/mol. The van der Waals surface area contributed by atoms with E-state index >= 15 is 0 Å². The van der Waals surface area contributed by atoms with Crippen LogP contribution in [0.4, 0.5) is 11.4 Å². The fourth-order valence-corrected chi connectivity index (χ4v) is 5.88. The van der Waals surface area contributed by atoms with Gasteiger partial charge in [-0.15, -0.1) is 0 Å². The largest absolute Gasteiger partial charge is 0.378 e. The van der Waals surface area contributed by atoms with E-state index in [1.807, 2.05) is 24.3 Å². The second kappa shape index (κ2) is 5.46. The summed E-state index contributed by atoms with van der Waals surface area (Å²) in [5, 5.41) is 15.7. The molecule has 1 aliphatic heterocycles. The Labute approximate surface area is 151 Å². The van der Waals surface area contributed by atoms with Gasteiger partial charge in [-0.05, 0) is 66.2 Å². The van der Waals surface area contributed by atoms with Gasteiger partial charge in [-0.1, -0.05) is 29.8 Å². The number of nitro benzene ring substituents is 1. The molecule has 1 heterocycles. The number of halogens is 1. The normalized spacial score (nSPS) is 32.0. The average molecular weight is 355 g/mol. The lowest BCUT2D eigenvalue weighted by Gasteiger charge is -2.43. The van der Waals surface area contributed by atoms with Crippen LogP contribution >= 0.6 is 11.6 Å². The Morgan fingerprint density at radius 2 is 1.88 bits per heavy atom. The summed E-state index contributed by atoms with van der Waals surface area (Å²) < 4.78 is 0. The molecule has 5 rings (SSSR count). The maximum absolute atomic E-state index is 11.2. The van der Waals surface area contributed by atoms with Crippen molar-refractivity contribution in [2.45, 2.75) is 31.2 Å². The first-order valence-electron chi connectivity index (χ1n) is 8.93. The predicted octanol–water partition coefficient (Wildman–Crippen LogP) is 5.54. The van der Waals surface area contributed by atoms with E-state index < -0.39 is 0 Å². The van der Waals surface area contributed by atoms with E-state index in [0.717, 1.165) is 21.8 Å². The van der Waals surface area contributed by atoms with Crippen LogP contribution in [0.25, 0.3) is 0 Å². The maximum Gasteiger partial charge on any atom is 0.269 e. The van der Waals surface area contributed by atoms with Crippen molar-refractivity contribution < 1.29 is 4.92 Å². The second-order valence-electron chi connectivity index (χ2n) is 7.61. The molecule has 2 fully saturated rings. The number of benzene rings is 2. The molecule has 2 saturated carbocycles. The summed E-state index contributed by atoms with van der Waals surface area (Å²) in [7, 11) is 0. The quantitative estimate of drug-likeness (QED) is 0.568. The van der Waals surface area contributed by atoms with Crippen LogP contribution in [0, 0.1) is 27.9 Å². The summed E-state index contributed by atoms with van der Waals surface area (Å²) in [4.78, 5) is 10.9. The van der Waals surface area contributed by atoms with Gasteiger partial charge in [-0.2, -0.15) is 0 Å². The van der Waals surface area contributed by atoms with Crippen LogP contribution in [0.5, 0.6) is 0 Å². The molecule has 4 nitrogen and oxygen atoms in total. The Bertz CT molecular complexity index is 869. The van der Waals surface area contributed by atoms with Gasteiger partial charge in [0.2, 0.25) is 0 Å². The first kappa shape index (κ1) is 15.2. The van der Waals surface area contributed by atoms with Crippen LogP contribution in [0.3, 0.4) is 0 Å². The minimum absolute atomic E-state index is 0.183. The third-order valence-corrected chi connectivity index (χ3v) is 6.87. The summed E-state index contributed by atoms with van der Waals surface area (Å²) in [6, 6.07) is 13.5. The van der Waals surface area contributed by atoms with Gasteiger partial charge in [0, 0.05) is 22.8 Å². The fraction of sp³-hybridized carbons (Fsp3) is 0.400. The van der Waals surface area contributed by atoms with E-state index in [1.165, 1.54) is 19.3 Å². The van der Waals surface area contributed by atoms with Crippen molar-refractivity contribution in [1.29, 1.82) is 0 Å². The minimum atomic E-state index is -0.289. The monoisotopic (exact) mass is 354 g/mol. The summed E-state index contributed by atoms with van der Waals surface area (Å²) in [6.45, 7) is 0. The Balaban J connectivity index is 1.65. The second-order valence-corrected chi connectivity index (χ2v) is 8.02. The molecule has 2 aromatic rings. The van der Waals surface area contributed by atoms with E-state index in [9.17, 15) is 10.1 Å². The highest BCUT2D eigenvalue weighted by molar-refractivity contribution is 6.31. The number of non-ortho nitro benzene ring substituents is 1. The van der Waals surface area contributed by atoms with Crippen molar-refractivity contribution in [3.8, 4) is 0 Å². The molecule has 5 atom stereocenters. The lowest BCUT2D eigenvalue weighted by atomic mass is 9.68. The number of fused-ring (bicyclic) bond motifs is 7. The molecule has 128 valence electrons. The molecule has 0 aromatic heterocycles. The van der Waals surface area contributed by atoms with Crippen molar-refractivity contribution in [3.05, 3.63) is 68.7 Å². The predicted molar refractivity (Wildman–Crippen MR) is 98.0 cm³/mol. The molecule has 2 aliphatic carbocycles. The van der Waals surface area contributed by atoms with Gasteiger partial charge in [-0.25, -0.2) is 0 Å². The first-order chi connectivity index (χ1) is 12.1. The Hall–Kier alpha value is -2.07. The number of rotatable bonds is 2. The molecule has 2 bridgehead atoms. The first-order valence-corrected chi connectivity index (χ1v) is 9.30. The molecule has 5 heteroatoms. The molecule has 0 unspecified atom stereocenters. The summed E-state index contributed by atoms with van der Waals surface area (Å²) in [6.07, 6.45) is 3.74. The topological polar surface area (TPSA) is 55.2 Å². The standard InChI is InChI=1S/C20H19ClN2O2/c21-16-4-2-1-3-14(16)20-19-12-6-5-11(9-12)18(19)15-10-13(23(24)25)7-8-17(15)22-20/h1-4,7-8,10-12,18-20,22H,5-6,9H2/t11-,12+,18+,19-,20+/m0/s1. The Kier molecular flexibility index (Phi) is 3.32. The molecule has 3 aliphatic rings. The van der Waals surface area contributed by atoms with Crippen LogP contribution in [-0.2, 0) is 0 Å². The molecule has 0 amide bonds. The molecular formula is C20H19ClN2O2. The average Bonchev–Trinajstić information content (AvgIpc) is 3.23. The highest BCUT2D eigenvalue weighted by atomic mass is 35.5. The molecule has 0 spiro atoms. The summed E-state index contributed by atoms with van der Waals surface area (Å²) >= 11 is 6.51. The van der Waals surface area contributed by atoms with Gasteiger partial charge in [0.05, 0.1) is 11.0 Å². The lowest BCUT2D eigenvalue weighted by molar-refractivity contribution is -0.384. The van der Waals surface area contributed by atoms with Crippen molar-refractivity contribution in [2.75, 3.05) is 5.32 Å². The highest BCUT2D eigenvalue weighted by Crippen LogP contribution is 2.64. The number of nitro groups is 1. The van der Waals surface area contributed by atoms with Crippen molar-refractivity contribution in [2.24, 2.45) is 17.8 Å². The van der Waals surface area contributed by atoms with Crippen LogP contribution in [0.15, 0.2) is 42.5 Å². The molecule has 2 aromatic carbocycles. The van der Waals surface area contributed by atoms with Crippen molar-refractivity contribution >= 4 is 23.0 Å². The zero-order valence-corrected chi connectivity index (χ0v) is 14.4. The smallest absolute Gasteiger partial charge is 0.269 e. The van der Waals surface area contributed by atoms with Crippen LogP contribution < -0.4 is 5.32 Å². The number of anilines is 1. The zero-order chi connectivity index (χ0) is 17.1. The third kappa shape index (κ3) is 2.20. The van der Waals surface area contributed by atoms with E-state index in [2.05, 4.69) is 11.4 Å². The molecule has 25 heavy (non-hydrogen) atoms. The summed E-state index contributed by atoms with van der Waals surface area (Å²) in [5.74, 6) is 2.18. The van der Waals surface area contributed by atoms with Crippen molar-refractivity contribution in [1.82, 2.24) is 0 Å². The maximum atomic E-state index is 11.2. The van der Waals surface area contributed by atoms with Crippen LogP contribution in [0.2, 0.25) is 5.02 Å². The highest BCUT2D eigenvalue weighted by Gasteiger charge is 2.54. The van der Waals surface area contributed by atoms with E-state index in [0.29, 0.717) is 23.7 Å². The summed E-state index contributed by atoms with van der Waals surface area (Å²) in [5.41, 5.74) is 3.51. The van der Waals surface area contributed by atoms with Crippen LogP contribution in [-0.4, -0.2) is 4.92 Å². The van der Waals surface area contributed by atoms with Gasteiger partial charge in [0.1, 0.15) is 0 Å². The third-order valence-electron chi connectivity index (χ3n) is 6.52.